The standard InChI is InChI=1S/C15H30O4S/c1-3-5-6-7-8-9-10-11-12-13-15(16)19-20(17,18)14-4-2/h3-14H2,1-2H3. The van der Waals surface area contributed by atoms with Crippen LogP contribution in [-0.4, -0.2) is 20.1 Å². The number of carbonyl (C=O) groups excluding carboxylic acids is 1. The van der Waals surface area contributed by atoms with Crippen LogP contribution in [0.25, 0.3) is 0 Å². The van der Waals surface area contributed by atoms with Gasteiger partial charge in [0.05, 0.1) is 5.75 Å². The number of unbranched alkanes of at least 4 members (excludes halogenated alkanes) is 8. The molecule has 0 fully saturated rings. The van der Waals surface area contributed by atoms with Gasteiger partial charge in [0.15, 0.2) is 0 Å². The van der Waals surface area contributed by atoms with Crippen molar-refractivity contribution in [3.63, 3.8) is 0 Å². The summed E-state index contributed by atoms with van der Waals surface area (Å²) in [6, 6.07) is 0. The number of hydrogen-bond donors (Lipinski definition) is 0. The van der Waals surface area contributed by atoms with Crippen LogP contribution in [0.5, 0.6) is 0 Å². The van der Waals surface area contributed by atoms with E-state index in [1.54, 1.807) is 6.92 Å². The third-order valence-electron chi connectivity index (χ3n) is 3.16. The summed E-state index contributed by atoms with van der Waals surface area (Å²) in [5.41, 5.74) is 0. The average Bonchev–Trinajstić information content (AvgIpc) is 2.36. The lowest BCUT2D eigenvalue weighted by atomic mass is 10.1. The Bertz CT molecular complexity index is 336. The Morgan fingerprint density at radius 1 is 0.800 bits per heavy atom. The van der Waals surface area contributed by atoms with Crippen LogP contribution in [0.15, 0.2) is 0 Å². The summed E-state index contributed by atoms with van der Waals surface area (Å²) in [6.45, 7) is 3.95. The minimum absolute atomic E-state index is 0.0868. The maximum atomic E-state index is 11.3. The van der Waals surface area contributed by atoms with Crippen molar-refractivity contribution >= 4 is 16.1 Å². The van der Waals surface area contributed by atoms with E-state index in [0.29, 0.717) is 6.42 Å². The SMILES string of the molecule is CCCCCCCCCCCC(=O)OS(=O)(=O)CCC. The van der Waals surface area contributed by atoms with Crippen molar-refractivity contribution < 1.29 is 17.4 Å². The van der Waals surface area contributed by atoms with E-state index < -0.39 is 16.1 Å². The highest BCUT2D eigenvalue weighted by Gasteiger charge is 2.15. The molecule has 0 unspecified atom stereocenters. The van der Waals surface area contributed by atoms with Gasteiger partial charge in [-0.1, -0.05) is 65.2 Å². The zero-order chi connectivity index (χ0) is 15.3. The fraction of sp³-hybridized carbons (Fsp3) is 0.933. The van der Waals surface area contributed by atoms with Crippen molar-refractivity contribution in [3.8, 4) is 0 Å². The Balaban J connectivity index is 3.44. The first-order valence-corrected chi connectivity index (χ1v) is 9.54. The smallest absolute Gasteiger partial charge is 0.322 e. The molecule has 0 aliphatic carbocycles. The van der Waals surface area contributed by atoms with Gasteiger partial charge >= 0.3 is 16.1 Å². The van der Waals surface area contributed by atoms with Crippen LogP contribution in [0, 0.1) is 0 Å². The van der Waals surface area contributed by atoms with Crippen LogP contribution >= 0.6 is 0 Å². The quantitative estimate of drug-likeness (QED) is 0.378. The molecular formula is C15H30O4S. The van der Waals surface area contributed by atoms with E-state index >= 15 is 0 Å². The van der Waals surface area contributed by atoms with Crippen LogP contribution in [-0.2, 0) is 19.1 Å². The minimum atomic E-state index is -3.64. The molecule has 0 spiro atoms. The molecule has 0 saturated carbocycles. The first-order valence-electron chi connectivity index (χ1n) is 7.96. The van der Waals surface area contributed by atoms with Gasteiger partial charge in [0.2, 0.25) is 0 Å². The van der Waals surface area contributed by atoms with E-state index in [9.17, 15) is 13.2 Å². The van der Waals surface area contributed by atoms with Crippen molar-refractivity contribution in [2.45, 2.75) is 84.5 Å². The molecule has 0 radical (unpaired) electrons. The summed E-state index contributed by atoms with van der Waals surface area (Å²) in [5, 5.41) is 0. The molecule has 5 heteroatoms. The molecule has 20 heavy (non-hydrogen) atoms. The van der Waals surface area contributed by atoms with Crippen LogP contribution in [0.4, 0.5) is 0 Å². The van der Waals surface area contributed by atoms with E-state index in [1.165, 1.54) is 38.5 Å². The topological polar surface area (TPSA) is 60.4 Å². The summed E-state index contributed by atoms with van der Waals surface area (Å²) in [6.07, 6.45) is 11.1. The highest BCUT2D eigenvalue weighted by molar-refractivity contribution is 7.87. The number of rotatable bonds is 13. The van der Waals surface area contributed by atoms with Gasteiger partial charge in [-0.3, -0.25) is 4.79 Å². The Hall–Kier alpha value is -0.580. The lowest BCUT2D eigenvalue weighted by Crippen LogP contribution is -2.15. The fourth-order valence-corrected chi connectivity index (χ4v) is 3.00. The molecule has 0 aromatic carbocycles. The predicted molar refractivity (Wildman–Crippen MR) is 82.0 cm³/mol. The van der Waals surface area contributed by atoms with Crippen molar-refractivity contribution in [2.75, 3.05) is 5.75 Å². The molecule has 0 saturated heterocycles. The van der Waals surface area contributed by atoms with Crippen LogP contribution < -0.4 is 0 Å². The highest BCUT2D eigenvalue weighted by atomic mass is 32.2. The van der Waals surface area contributed by atoms with Gasteiger partial charge in [-0.25, -0.2) is 0 Å². The summed E-state index contributed by atoms with van der Waals surface area (Å²) >= 11 is 0. The van der Waals surface area contributed by atoms with E-state index in [2.05, 4.69) is 11.1 Å². The first-order chi connectivity index (χ1) is 9.52. The van der Waals surface area contributed by atoms with Crippen molar-refractivity contribution in [1.82, 2.24) is 0 Å². The first kappa shape index (κ1) is 19.4. The Labute approximate surface area is 124 Å². The highest BCUT2D eigenvalue weighted by Crippen LogP contribution is 2.11. The van der Waals surface area contributed by atoms with Crippen LogP contribution in [0.2, 0.25) is 0 Å². The molecule has 0 amide bonds. The van der Waals surface area contributed by atoms with Gasteiger partial charge in [0.1, 0.15) is 0 Å². The number of hydrogen-bond acceptors (Lipinski definition) is 4. The van der Waals surface area contributed by atoms with Crippen molar-refractivity contribution in [2.24, 2.45) is 0 Å². The van der Waals surface area contributed by atoms with Crippen LogP contribution in [0.1, 0.15) is 84.5 Å². The van der Waals surface area contributed by atoms with Crippen molar-refractivity contribution in [1.29, 1.82) is 0 Å². The fourth-order valence-electron chi connectivity index (χ4n) is 2.05. The Morgan fingerprint density at radius 3 is 1.80 bits per heavy atom. The van der Waals surface area contributed by atoms with E-state index in [-0.39, 0.29) is 12.2 Å². The molecule has 4 nitrogen and oxygen atoms in total. The summed E-state index contributed by atoms with van der Waals surface area (Å²) in [7, 11) is -3.64. The maximum absolute atomic E-state index is 11.3. The van der Waals surface area contributed by atoms with Gasteiger partial charge in [0.25, 0.3) is 0 Å². The summed E-state index contributed by atoms with van der Waals surface area (Å²) in [5.74, 6) is -0.697. The molecule has 0 aliphatic heterocycles. The second-order valence-electron chi connectivity index (χ2n) is 5.30. The molecule has 0 aromatic heterocycles. The predicted octanol–water partition coefficient (Wildman–Crippen LogP) is 4.19. The van der Waals surface area contributed by atoms with E-state index in [0.717, 1.165) is 19.3 Å². The molecule has 0 aromatic rings. The second-order valence-corrected chi connectivity index (χ2v) is 6.99. The summed E-state index contributed by atoms with van der Waals surface area (Å²) < 4.78 is 27.0. The van der Waals surface area contributed by atoms with Crippen molar-refractivity contribution in [3.05, 3.63) is 0 Å². The monoisotopic (exact) mass is 306 g/mol. The average molecular weight is 306 g/mol. The molecule has 0 bridgehead atoms. The Kier molecular flexibility index (Phi) is 11.8. The normalized spacial score (nSPS) is 11.5. The second kappa shape index (κ2) is 12.2. The molecule has 0 rings (SSSR count). The van der Waals surface area contributed by atoms with Gasteiger partial charge in [0, 0.05) is 6.42 Å². The molecular weight excluding hydrogens is 276 g/mol. The number of carbonyl (C=O) groups is 1. The Morgan fingerprint density at radius 2 is 1.30 bits per heavy atom. The van der Waals surface area contributed by atoms with E-state index in [4.69, 9.17) is 0 Å². The van der Waals surface area contributed by atoms with Gasteiger partial charge < -0.3 is 4.18 Å². The van der Waals surface area contributed by atoms with E-state index in [1.807, 2.05) is 0 Å². The summed E-state index contributed by atoms with van der Waals surface area (Å²) in [4.78, 5) is 11.3. The van der Waals surface area contributed by atoms with Gasteiger partial charge in [-0.2, -0.15) is 8.42 Å². The van der Waals surface area contributed by atoms with Crippen LogP contribution in [0.3, 0.4) is 0 Å². The molecule has 120 valence electrons. The molecule has 0 heterocycles. The lowest BCUT2D eigenvalue weighted by Gasteiger charge is -2.04. The molecule has 0 atom stereocenters. The third-order valence-corrected chi connectivity index (χ3v) is 4.51. The van der Waals surface area contributed by atoms with Gasteiger partial charge in [-0.15, -0.1) is 0 Å². The largest absolute Gasteiger partial charge is 0.346 e. The minimum Gasteiger partial charge on any atom is -0.346 e. The lowest BCUT2D eigenvalue weighted by molar-refractivity contribution is -0.133. The van der Waals surface area contributed by atoms with Gasteiger partial charge in [-0.05, 0) is 12.8 Å². The zero-order valence-corrected chi connectivity index (χ0v) is 13.8. The maximum Gasteiger partial charge on any atom is 0.322 e. The third kappa shape index (κ3) is 12.5. The molecule has 0 aliphatic rings. The molecule has 0 N–H and O–H groups in total. The zero-order valence-electron chi connectivity index (χ0n) is 13.0.